The van der Waals surface area contributed by atoms with Gasteiger partial charge in [-0.05, 0) is 67.4 Å². The molecule has 0 radical (unpaired) electrons. The minimum Gasteiger partial charge on any atom is -0.293 e. The van der Waals surface area contributed by atoms with Crippen LogP contribution in [0.5, 0.6) is 0 Å². The molecule has 0 unspecified atom stereocenters. The summed E-state index contributed by atoms with van der Waals surface area (Å²) in [6.45, 7) is 3.95. The van der Waals surface area contributed by atoms with Gasteiger partial charge >= 0.3 is 0 Å². The van der Waals surface area contributed by atoms with Crippen LogP contribution in [0.4, 0.5) is 0 Å². The molecule has 0 fully saturated rings. The Balaban J connectivity index is 1.80. The van der Waals surface area contributed by atoms with Gasteiger partial charge in [-0.15, -0.1) is 0 Å². The van der Waals surface area contributed by atoms with Gasteiger partial charge in [-0.25, -0.2) is 4.98 Å². The van der Waals surface area contributed by atoms with Gasteiger partial charge < -0.3 is 0 Å². The molecule has 0 atom stereocenters. The number of thioether (sulfide) groups is 1. The van der Waals surface area contributed by atoms with E-state index in [0.29, 0.717) is 26.6 Å². The molecule has 0 amide bonds. The van der Waals surface area contributed by atoms with Crippen LogP contribution in [-0.4, -0.2) is 21.1 Å². The molecule has 0 spiro atoms. The predicted molar refractivity (Wildman–Crippen MR) is 123 cm³/mol. The van der Waals surface area contributed by atoms with Gasteiger partial charge in [0.1, 0.15) is 0 Å². The molecule has 0 bridgehead atoms. The lowest BCUT2D eigenvalue weighted by Gasteiger charge is -2.15. The van der Waals surface area contributed by atoms with Crippen molar-refractivity contribution in [1.29, 1.82) is 0 Å². The van der Waals surface area contributed by atoms with Crippen molar-refractivity contribution in [1.82, 2.24) is 9.55 Å². The summed E-state index contributed by atoms with van der Waals surface area (Å²) in [5.74, 6) is 0.115. The van der Waals surface area contributed by atoms with Crippen LogP contribution < -0.4 is 5.56 Å². The molecule has 0 saturated carbocycles. The van der Waals surface area contributed by atoms with Gasteiger partial charge in [0, 0.05) is 10.6 Å². The Bertz CT molecular complexity index is 1310. The first kappa shape index (κ1) is 20.4. The third-order valence-electron chi connectivity index (χ3n) is 4.85. The minimum absolute atomic E-state index is 0.0495. The maximum absolute atomic E-state index is 13.4. The van der Waals surface area contributed by atoms with Crippen molar-refractivity contribution in [2.45, 2.75) is 19.0 Å². The van der Waals surface area contributed by atoms with E-state index in [1.54, 1.807) is 34.9 Å². The Kier molecular flexibility index (Phi) is 5.75. The number of aromatic nitrogens is 2. The molecule has 0 aliphatic rings. The summed E-state index contributed by atoms with van der Waals surface area (Å²) >= 11 is 7.18. The van der Waals surface area contributed by atoms with Crippen LogP contribution in [0.3, 0.4) is 0 Å². The number of benzene rings is 3. The Morgan fingerprint density at radius 1 is 1.03 bits per heavy atom. The third kappa shape index (κ3) is 4.04. The molecule has 0 N–H and O–H groups in total. The largest absolute Gasteiger partial charge is 0.293 e. The van der Waals surface area contributed by atoms with Crippen molar-refractivity contribution in [2.75, 3.05) is 5.75 Å². The second-order valence-corrected chi connectivity index (χ2v) is 8.44. The summed E-state index contributed by atoms with van der Waals surface area (Å²) in [6, 6.07) is 20.0. The molecule has 1 heterocycles. The van der Waals surface area contributed by atoms with E-state index >= 15 is 0 Å². The second-order valence-electron chi connectivity index (χ2n) is 7.06. The first-order valence-corrected chi connectivity index (χ1v) is 10.8. The Morgan fingerprint density at radius 2 is 1.77 bits per heavy atom. The predicted octanol–water partition coefficient (Wildman–Crippen LogP) is 5.63. The molecule has 6 heteroatoms. The standard InChI is InChI=1S/C24H19ClN2O2S/c1-15-7-8-16(2)21(13-15)27-23(29)19-5-3-4-6-20(19)26-24(27)30-14-22(28)17-9-11-18(25)12-10-17/h3-13H,14H2,1-2H3. The average Bonchev–Trinajstić information content (AvgIpc) is 2.74. The summed E-state index contributed by atoms with van der Waals surface area (Å²) < 4.78 is 1.62. The molecule has 3 aromatic carbocycles. The van der Waals surface area contributed by atoms with Crippen LogP contribution in [-0.2, 0) is 0 Å². The quantitative estimate of drug-likeness (QED) is 0.232. The molecule has 0 aliphatic carbocycles. The van der Waals surface area contributed by atoms with Gasteiger partial charge in [0.2, 0.25) is 0 Å². The molecule has 4 nitrogen and oxygen atoms in total. The van der Waals surface area contributed by atoms with E-state index < -0.39 is 0 Å². The molecule has 4 aromatic rings. The number of rotatable bonds is 5. The minimum atomic E-state index is -0.143. The summed E-state index contributed by atoms with van der Waals surface area (Å²) in [5.41, 5.74) is 3.84. The molecule has 1 aromatic heterocycles. The van der Waals surface area contributed by atoms with Crippen LogP contribution >= 0.6 is 23.4 Å². The van der Waals surface area contributed by atoms with Gasteiger partial charge in [-0.1, -0.05) is 47.6 Å². The van der Waals surface area contributed by atoms with E-state index in [-0.39, 0.29) is 17.1 Å². The van der Waals surface area contributed by atoms with Gasteiger partial charge in [0.15, 0.2) is 10.9 Å². The monoisotopic (exact) mass is 434 g/mol. The highest BCUT2D eigenvalue weighted by Crippen LogP contribution is 2.25. The van der Waals surface area contributed by atoms with Crippen molar-refractivity contribution in [3.63, 3.8) is 0 Å². The topological polar surface area (TPSA) is 52.0 Å². The zero-order valence-electron chi connectivity index (χ0n) is 16.6. The van der Waals surface area contributed by atoms with Crippen LogP contribution in [0, 0.1) is 13.8 Å². The van der Waals surface area contributed by atoms with E-state index in [1.807, 2.05) is 50.2 Å². The first-order valence-electron chi connectivity index (χ1n) is 9.45. The fourth-order valence-electron chi connectivity index (χ4n) is 3.23. The van der Waals surface area contributed by atoms with Gasteiger partial charge in [-0.2, -0.15) is 0 Å². The number of carbonyl (C=O) groups excluding carboxylic acids is 1. The van der Waals surface area contributed by atoms with Gasteiger partial charge in [0.25, 0.3) is 5.56 Å². The molecule has 0 saturated heterocycles. The van der Waals surface area contributed by atoms with Crippen molar-refractivity contribution < 1.29 is 4.79 Å². The van der Waals surface area contributed by atoms with Gasteiger partial charge in [0.05, 0.1) is 22.3 Å². The Hall–Kier alpha value is -2.89. The zero-order valence-corrected chi connectivity index (χ0v) is 18.1. The van der Waals surface area contributed by atoms with Crippen molar-refractivity contribution in [3.8, 4) is 5.69 Å². The normalized spacial score (nSPS) is 11.0. The highest BCUT2D eigenvalue weighted by Gasteiger charge is 2.17. The number of Topliss-reactive ketones (excluding diaryl/α,β-unsaturated/α-hetero) is 1. The summed E-state index contributed by atoms with van der Waals surface area (Å²) in [5, 5.41) is 1.63. The number of hydrogen-bond acceptors (Lipinski definition) is 4. The second kappa shape index (κ2) is 8.46. The summed E-state index contributed by atoms with van der Waals surface area (Å²) in [6.07, 6.45) is 0. The lowest BCUT2D eigenvalue weighted by atomic mass is 10.1. The molecule has 30 heavy (non-hydrogen) atoms. The fraction of sp³-hybridized carbons (Fsp3) is 0.125. The Labute approximate surface area is 183 Å². The van der Waals surface area contributed by atoms with Crippen LogP contribution in [0.25, 0.3) is 16.6 Å². The average molecular weight is 435 g/mol. The number of nitrogens with zero attached hydrogens (tertiary/aromatic N) is 2. The van der Waals surface area contributed by atoms with E-state index in [9.17, 15) is 9.59 Å². The maximum atomic E-state index is 13.4. The highest BCUT2D eigenvalue weighted by atomic mass is 35.5. The maximum Gasteiger partial charge on any atom is 0.266 e. The lowest BCUT2D eigenvalue weighted by molar-refractivity contribution is 0.102. The van der Waals surface area contributed by atoms with Gasteiger partial charge in [-0.3, -0.25) is 14.2 Å². The number of hydrogen-bond donors (Lipinski definition) is 0. The molecular formula is C24H19ClN2O2S. The molecule has 150 valence electrons. The number of aryl methyl sites for hydroxylation is 2. The number of para-hydroxylation sites is 1. The van der Waals surface area contributed by atoms with Crippen molar-refractivity contribution >= 4 is 40.0 Å². The number of ketones is 1. The van der Waals surface area contributed by atoms with E-state index in [0.717, 1.165) is 16.8 Å². The fourth-order valence-corrected chi connectivity index (χ4v) is 4.26. The van der Waals surface area contributed by atoms with Crippen LogP contribution in [0.15, 0.2) is 76.7 Å². The number of carbonyl (C=O) groups is 1. The molecule has 4 rings (SSSR count). The van der Waals surface area contributed by atoms with Crippen LogP contribution in [0.2, 0.25) is 5.02 Å². The number of fused-ring (bicyclic) bond motifs is 1. The third-order valence-corrected chi connectivity index (χ3v) is 6.04. The number of halogens is 1. The summed E-state index contributed by atoms with van der Waals surface area (Å²) in [7, 11) is 0. The summed E-state index contributed by atoms with van der Waals surface area (Å²) in [4.78, 5) is 30.8. The first-order chi connectivity index (χ1) is 14.4. The van der Waals surface area contributed by atoms with E-state index in [2.05, 4.69) is 0 Å². The van der Waals surface area contributed by atoms with Crippen LogP contribution in [0.1, 0.15) is 21.5 Å². The SMILES string of the molecule is Cc1ccc(C)c(-n2c(SCC(=O)c3ccc(Cl)cc3)nc3ccccc3c2=O)c1. The van der Waals surface area contributed by atoms with E-state index in [1.165, 1.54) is 11.8 Å². The van der Waals surface area contributed by atoms with E-state index in [4.69, 9.17) is 16.6 Å². The lowest BCUT2D eigenvalue weighted by Crippen LogP contribution is -2.23. The molecule has 0 aliphatic heterocycles. The molecular weight excluding hydrogens is 416 g/mol. The Morgan fingerprint density at radius 3 is 2.53 bits per heavy atom. The zero-order chi connectivity index (χ0) is 21.3. The van der Waals surface area contributed by atoms with Crippen molar-refractivity contribution in [3.05, 3.63) is 98.8 Å². The highest BCUT2D eigenvalue weighted by molar-refractivity contribution is 7.99. The smallest absolute Gasteiger partial charge is 0.266 e. The van der Waals surface area contributed by atoms with Crippen molar-refractivity contribution in [2.24, 2.45) is 0 Å².